The van der Waals surface area contributed by atoms with Crippen molar-refractivity contribution in [2.75, 3.05) is 13.1 Å². The second kappa shape index (κ2) is 7.44. The van der Waals surface area contributed by atoms with Crippen LogP contribution in [0.4, 0.5) is 0 Å². The lowest BCUT2D eigenvalue weighted by Crippen LogP contribution is -2.45. The van der Waals surface area contributed by atoms with Gasteiger partial charge in [0, 0.05) is 11.6 Å². The molecule has 110 valence electrons. The van der Waals surface area contributed by atoms with Crippen LogP contribution in [-0.2, 0) is 0 Å². The summed E-state index contributed by atoms with van der Waals surface area (Å²) in [6.07, 6.45) is 3.38. The van der Waals surface area contributed by atoms with Crippen molar-refractivity contribution in [1.82, 2.24) is 10.6 Å². The van der Waals surface area contributed by atoms with Crippen LogP contribution in [-0.4, -0.2) is 25.0 Å². The Morgan fingerprint density at radius 3 is 2.50 bits per heavy atom. The fraction of sp³-hybridized carbons (Fsp3) is 0.588. The van der Waals surface area contributed by atoms with E-state index in [4.69, 9.17) is 0 Å². The Morgan fingerprint density at radius 1 is 1.25 bits per heavy atom. The minimum absolute atomic E-state index is 0.0646. The zero-order valence-corrected chi connectivity index (χ0v) is 12.6. The van der Waals surface area contributed by atoms with Gasteiger partial charge < -0.3 is 10.6 Å². The molecule has 1 heterocycles. The third-order valence-electron chi connectivity index (χ3n) is 4.03. The van der Waals surface area contributed by atoms with E-state index in [1.165, 1.54) is 0 Å². The molecule has 1 unspecified atom stereocenters. The van der Waals surface area contributed by atoms with Gasteiger partial charge in [-0.3, -0.25) is 4.79 Å². The smallest absolute Gasteiger partial charge is 0.251 e. The highest BCUT2D eigenvalue weighted by atomic mass is 16.1. The Labute approximate surface area is 122 Å². The van der Waals surface area contributed by atoms with E-state index in [2.05, 4.69) is 24.5 Å². The summed E-state index contributed by atoms with van der Waals surface area (Å²) in [7, 11) is 0. The van der Waals surface area contributed by atoms with E-state index in [1.807, 2.05) is 30.3 Å². The maximum atomic E-state index is 12.4. The molecule has 0 aliphatic carbocycles. The van der Waals surface area contributed by atoms with Crippen LogP contribution in [0.2, 0.25) is 0 Å². The van der Waals surface area contributed by atoms with Gasteiger partial charge in [0.25, 0.3) is 5.91 Å². The number of carbonyl (C=O) groups is 1. The third kappa shape index (κ3) is 4.34. The molecule has 20 heavy (non-hydrogen) atoms. The quantitative estimate of drug-likeness (QED) is 0.867. The van der Waals surface area contributed by atoms with Crippen LogP contribution < -0.4 is 10.6 Å². The summed E-state index contributed by atoms with van der Waals surface area (Å²) in [5, 5.41) is 6.66. The Bertz CT molecular complexity index is 410. The average Bonchev–Trinajstić information content (AvgIpc) is 2.48. The summed E-state index contributed by atoms with van der Waals surface area (Å²) < 4.78 is 0. The highest BCUT2D eigenvalue weighted by Crippen LogP contribution is 2.22. The van der Waals surface area contributed by atoms with Gasteiger partial charge in [-0.1, -0.05) is 32.0 Å². The second-order valence-corrected chi connectivity index (χ2v) is 6.16. The van der Waals surface area contributed by atoms with Crippen LogP contribution >= 0.6 is 0 Å². The van der Waals surface area contributed by atoms with Crippen molar-refractivity contribution in [2.24, 2.45) is 11.8 Å². The molecule has 3 nitrogen and oxygen atoms in total. The summed E-state index contributed by atoms with van der Waals surface area (Å²) in [4.78, 5) is 12.4. The first-order valence-corrected chi connectivity index (χ1v) is 7.73. The zero-order valence-electron chi connectivity index (χ0n) is 12.6. The van der Waals surface area contributed by atoms with Gasteiger partial charge in [0.2, 0.25) is 0 Å². The van der Waals surface area contributed by atoms with E-state index in [-0.39, 0.29) is 5.91 Å². The molecule has 1 aromatic carbocycles. The maximum absolute atomic E-state index is 12.4. The molecule has 1 aliphatic heterocycles. The van der Waals surface area contributed by atoms with Crippen LogP contribution in [0.1, 0.15) is 43.5 Å². The number of benzene rings is 1. The van der Waals surface area contributed by atoms with Gasteiger partial charge in [-0.25, -0.2) is 0 Å². The van der Waals surface area contributed by atoms with Crippen molar-refractivity contribution >= 4 is 5.91 Å². The van der Waals surface area contributed by atoms with Crippen LogP contribution in [0.5, 0.6) is 0 Å². The van der Waals surface area contributed by atoms with Crippen molar-refractivity contribution in [3.05, 3.63) is 35.9 Å². The molecular formula is C17H26N2O. The van der Waals surface area contributed by atoms with E-state index in [0.717, 1.165) is 37.9 Å². The number of rotatable bonds is 5. The molecule has 1 fully saturated rings. The first-order valence-electron chi connectivity index (χ1n) is 7.73. The molecule has 1 aromatic rings. The second-order valence-electron chi connectivity index (χ2n) is 6.16. The normalized spacial score (nSPS) is 17.9. The fourth-order valence-electron chi connectivity index (χ4n) is 2.96. The summed E-state index contributed by atoms with van der Waals surface area (Å²) in [5.74, 6) is 1.27. The number of nitrogens with one attached hydrogen (secondary N) is 2. The predicted molar refractivity (Wildman–Crippen MR) is 82.7 cm³/mol. The number of hydrogen-bond donors (Lipinski definition) is 2. The summed E-state index contributed by atoms with van der Waals surface area (Å²) in [6.45, 7) is 6.59. The number of hydrogen-bond acceptors (Lipinski definition) is 2. The fourth-order valence-corrected chi connectivity index (χ4v) is 2.96. The predicted octanol–water partition coefficient (Wildman–Crippen LogP) is 2.83. The van der Waals surface area contributed by atoms with Gasteiger partial charge in [-0.15, -0.1) is 0 Å². The van der Waals surface area contributed by atoms with Gasteiger partial charge in [0.15, 0.2) is 0 Å². The van der Waals surface area contributed by atoms with Crippen molar-refractivity contribution in [1.29, 1.82) is 0 Å². The Morgan fingerprint density at radius 2 is 1.90 bits per heavy atom. The molecule has 1 aliphatic rings. The first kappa shape index (κ1) is 15.0. The minimum Gasteiger partial charge on any atom is -0.349 e. The zero-order chi connectivity index (χ0) is 14.4. The van der Waals surface area contributed by atoms with Gasteiger partial charge in [0.05, 0.1) is 0 Å². The summed E-state index contributed by atoms with van der Waals surface area (Å²) in [5.41, 5.74) is 0.759. The molecule has 2 N–H and O–H groups in total. The maximum Gasteiger partial charge on any atom is 0.251 e. The molecule has 0 aromatic heterocycles. The van der Waals surface area contributed by atoms with Crippen molar-refractivity contribution < 1.29 is 4.79 Å². The van der Waals surface area contributed by atoms with Crippen molar-refractivity contribution in [2.45, 2.75) is 39.2 Å². The third-order valence-corrected chi connectivity index (χ3v) is 4.03. The van der Waals surface area contributed by atoms with Crippen LogP contribution in [0, 0.1) is 11.8 Å². The monoisotopic (exact) mass is 274 g/mol. The molecule has 1 atom stereocenters. The lowest BCUT2D eigenvalue weighted by Gasteiger charge is -2.32. The van der Waals surface area contributed by atoms with E-state index >= 15 is 0 Å². The molecule has 0 radical (unpaired) electrons. The van der Waals surface area contributed by atoms with Crippen molar-refractivity contribution in [3.63, 3.8) is 0 Å². The molecule has 3 heteroatoms. The largest absolute Gasteiger partial charge is 0.349 e. The lowest BCUT2D eigenvalue weighted by atomic mass is 9.85. The molecule has 1 amide bonds. The molecular weight excluding hydrogens is 248 g/mol. The SMILES string of the molecule is CC(C)CC(NC(=O)c1ccccc1)C1CCNCC1. The van der Waals surface area contributed by atoms with E-state index < -0.39 is 0 Å². The topological polar surface area (TPSA) is 41.1 Å². The lowest BCUT2D eigenvalue weighted by molar-refractivity contribution is 0.0906. The number of carbonyl (C=O) groups excluding carboxylic acids is 1. The van der Waals surface area contributed by atoms with Gasteiger partial charge in [-0.2, -0.15) is 0 Å². The van der Waals surface area contributed by atoms with Gasteiger partial charge >= 0.3 is 0 Å². The van der Waals surface area contributed by atoms with Crippen molar-refractivity contribution in [3.8, 4) is 0 Å². The highest BCUT2D eigenvalue weighted by Gasteiger charge is 2.25. The number of amides is 1. The Balaban J connectivity index is 2.01. The molecule has 2 rings (SSSR count). The highest BCUT2D eigenvalue weighted by molar-refractivity contribution is 5.94. The Hall–Kier alpha value is -1.35. The first-order chi connectivity index (χ1) is 9.66. The van der Waals surface area contributed by atoms with Crippen LogP contribution in [0.25, 0.3) is 0 Å². The standard InChI is InChI=1S/C17H26N2O/c1-13(2)12-16(14-8-10-18-11-9-14)19-17(20)15-6-4-3-5-7-15/h3-7,13-14,16,18H,8-12H2,1-2H3,(H,19,20). The van der Waals surface area contributed by atoms with Crippen LogP contribution in [0.15, 0.2) is 30.3 Å². The van der Waals surface area contributed by atoms with E-state index in [0.29, 0.717) is 17.9 Å². The molecule has 0 spiro atoms. The number of piperidine rings is 1. The molecule has 0 bridgehead atoms. The van der Waals surface area contributed by atoms with Crippen LogP contribution in [0.3, 0.4) is 0 Å². The molecule has 0 saturated carbocycles. The van der Waals surface area contributed by atoms with E-state index in [9.17, 15) is 4.79 Å². The van der Waals surface area contributed by atoms with E-state index in [1.54, 1.807) is 0 Å². The van der Waals surface area contributed by atoms with Gasteiger partial charge in [0.1, 0.15) is 0 Å². The minimum atomic E-state index is 0.0646. The molecule has 1 saturated heterocycles. The summed E-state index contributed by atoms with van der Waals surface area (Å²) in [6, 6.07) is 9.82. The van der Waals surface area contributed by atoms with Gasteiger partial charge in [-0.05, 0) is 56.3 Å². The Kier molecular flexibility index (Phi) is 5.60. The average molecular weight is 274 g/mol. The summed E-state index contributed by atoms with van der Waals surface area (Å²) >= 11 is 0.